The normalized spacial score (nSPS) is 10.2. The van der Waals surface area contributed by atoms with Crippen molar-refractivity contribution in [3.05, 3.63) is 59.2 Å². The smallest absolute Gasteiger partial charge is 0.271 e. The molecule has 0 spiro atoms. The summed E-state index contributed by atoms with van der Waals surface area (Å²) in [5.74, 6) is 0.0712. The number of methoxy groups -OCH3 is 1. The van der Waals surface area contributed by atoms with Gasteiger partial charge >= 0.3 is 0 Å². The van der Waals surface area contributed by atoms with Gasteiger partial charge in [0.2, 0.25) is 0 Å². The number of nitrogens with two attached hydrogens (primary N) is 1. The molecule has 6 nitrogen and oxygen atoms in total. The third-order valence-corrected chi connectivity index (χ3v) is 3.04. The van der Waals surface area contributed by atoms with Gasteiger partial charge in [0.25, 0.3) is 5.91 Å². The first kappa shape index (κ1) is 18.5. The largest absolute Gasteiger partial charge is 0.504 e. The minimum absolute atomic E-state index is 0. The molecule has 122 valence electrons. The summed E-state index contributed by atoms with van der Waals surface area (Å²) >= 11 is 0. The van der Waals surface area contributed by atoms with E-state index in [4.69, 9.17) is 10.5 Å². The number of benzene rings is 2. The molecule has 0 heterocycles. The highest BCUT2D eigenvalue weighted by atomic mass is 35.5. The molecule has 0 unspecified atom stereocenters. The van der Waals surface area contributed by atoms with E-state index in [0.717, 1.165) is 5.56 Å². The summed E-state index contributed by atoms with van der Waals surface area (Å²) in [5, 5.41) is 13.4. The van der Waals surface area contributed by atoms with Gasteiger partial charge < -0.3 is 15.6 Å². The van der Waals surface area contributed by atoms with Crippen LogP contribution in [0.1, 0.15) is 21.5 Å². The van der Waals surface area contributed by atoms with Crippen molar-refractivity contribution in [2.45, 2.75) is 6.54 Å². The first-order valence-electron chi connectivity index (χ1n) is 6.63. The van der Waals surface area contributed by atoms with E-state index in [2.05, 4.69) is 10.5 Å². The Kier molecular flexibility index (Phi) is 7.05. The highest BCUT2D eigenvalue weighted by Gasteiger charge is 2.04. The number of hydrogen-bond acceptors (Lipinski definition) is 5. The van der Waals surface area contributed by atoms with E-state index < -0.39 is 0 Å². The number of ether oxygens (including phenoxy) is 1. The number of aromatic hydroxyl groups is 1. The van der Waals surface area contributed by atoms with Gasteiger partial charge in [-0.25, -0.2) is 5.43 Å². The van der Waals surface area contributed by atoms with Gasteiger partial charge in [-0.15, -0.1) is 12.4 Å². The number of carbonyl (C=O) groups is 1. The number of nitrogens with zero attached hydrogens (tertiary/aromatic N) is 1. The van der Waals surface area contributed by atoms with E-state index in [1.54, 1.807) is 36.4 Å². The predicted octanol–water partition coefficient (Wildman–Crippen LogP) is 2.05. The van der Waals surface area contributed by atoms with Gasteiger partial charge in [0.15, 0.2) is 11.5 Å². The highest BCUT2D eigenvalue weighted by Crippen LogP contribution is 2.25. The van der Waals surface area contributed by atoms with Gasteiger partial charge in [-0.3, -0.25) is 4.79 Å². The lowest BCUT2D eigenvalue weighted by Gasteiger charge is -2.04. The quantitative estimate of drug-likeness (QED) is 0.575. The van der Waals surface area contributed by atoms with Gasteiger partial charge in [0.1, 0.15) is 0 Å². The van der Waals surface area contributed by atoms with Crippen molar-refractivity contribution in [2.75, 3.05) is 7.11 Å². The molecule has 0 fully saturated rings. The molecule has 0 aliphatic heterocycles. The first-order chi connectivity index (χ1) is 10.6. The van der Waals surface area contributed by atoms with Crippen LogP contribution in [-0.4, -0.2) is 24.3 Å². The third-order valence-electron chi connectivity index (χ3n) is 3.04. The Bertz CT molecular complexity index is 687. The maximum absolute atomic E-state index is 11.9. The average molecular weight is 336 g/mol. The van der Waals surface area contributed by atoms with Crippen LogP contribution in [0.25, 0.3) is 0 Å². The molecule has 23 heavy (non-hydrogen) atoms. The zero-order valence-corrected chi connectivity index (χ0v) is 13.3. The fraction of sp³-hybridized carbons (Fsp3) is 0.125. The van der Waals surface area contributed by atoms with Crippen molar-refractivity contribution in [2.24, 2.45) is 10.8 Å². The van der Waals surface area contributed by atoms with Crippen LogP contribution in [0.3, 0.4) is 0 Å². The topological polar surface area (TPSA) is 96.9 Å². The molecule has 7 heteroatoms. The summed E-state index contributed by atoms with van der Waals surface area (Å²) in [6.07, 6.45) is 1.47. The second-order valence-corrected chi connectivity index (χ2v) is 4.53. The number of hydrazone groups is 1. The maximum atomic E-state index is 11.9. The summed E-state index contributed by atoms with van der Waals surface area (Å²) in [7, 11) is 1.46. The number of nitrogens with one attached hydrogen (secondary N) is 1. The van der Waals surface area contributed by atoms with Crippen molar-refractivity contribution in [3.8, 4) is 11.5 Å². The first-order valence-corrected chi connectivity index (χ1v) is 6.63. The molecule has 4 N–H and O–H groups in total. The molecule has 1 amide bonds. The van der Waals surface area contributed by atoms with Crippen LogP contribution in [0.15, 0.2) is 47.6 Å². The summed E-state index contributed by atoms with van der Waals surface area (Å²) in [4.78, 5) is 11.9. The van der Waals surface area contributed by atoms with Crippen LogP contribution in [0.4, 0.5) is 0 Å². The van der Waals surface area contributed by atoms with Crippen molar-refractivity contribution in [1.29, 1.82) is 0 Å². The number of hydrogen-bond donors (Lipinski definition) is 3. The molecule has 2 aromatic carbocycles. The van der Waals surface area contributed by atoms with Crippen molar-refractivity contribution < 1.29 is 14.6 Å². The van der Waals surface area contributed by atoms with Gasteiger partial charge in [0.05, 0.1) is 13.3 Å². The molecule has 2 rings (SSSR count). The Hall–Kier alpha value is -2.57. The van der Waals surface area contributed by atoms with Crippen molar-refractivity contribution in [3.63, 3.8) is 0 Å². The highest BCUT2D eigenvalue weighted by molar-refractivity contribution is 5.94. The monoisotopic (exact) mass is 335 g/mol. The second-order valence-electron chi connectivity index (χ2n) is 4.53. The lowest BCUT2D eigenvalue weighted by atomic mass is 10.1. The average Bonchev–Trinajstić information content (AvgIpc) is 2.56. The number of amides is 1. The Balaban J connectivity index is 0.00000264. The molecule has 0 radical (unpaired) electrons. The van der Waals surface area contributed by atoms with Gasteiger partial charge in [0, 0.05) is 12.1 Å². The van der Waals surface area contributed by atoms with Crippen LogP contribution in [-0.2, 0) is 6.54 Å². The lowest BCUT2D eigenvalue weighted by Crippen LogP contribution is -2.17. The van der Waals surface area contributed by atoms with Gasteiger partial charge in [-0.2, -0.15) is 5.10 Å². The van der Waals surface area contributed by atoms with E-state index >= 15 is 0 Å². The number of phenols is 1. The predicted molar refractivity (Wildman–Crippen MR) is 91.3 cm³/mol. The van der Waals surface area contributed by atoms with Crippen LogP contribution < -0.4 is 15.9 Å². The molecular weight excluding hydrogens is 318 g/mol. The number of rotatable bonds is 5. The summed E-state index contributed by atoms with van der Waals surface area (Å²) < 4.78 is 4.99. The zero-order chi connectivity index (χ0) is 15.9. The standard InChI is InChI=1S/C16H17N3O3.ClH/c1-22-15-8-12(4-7-14(15)20)10-18-19-16(21)13-5-2-11(9-17)3-6-13;/h2-8,10,20H,9,17H2,1H3,(H,19,21);1H/b18-10+;. The summed E-state index contributed by atoms with van der Waals surface area (Å²) in [6, 6.07) is 11.7. The van der Waals surface area contributed by atoms with E-state index in [0.29, 0.717) is 23.4 Å². The molecule has 0 aliphatic rings. The number of halogens is 1. The Labute approximate surface area is 140 Å². The van der Waals surface area contributed by atoms with Crippen LogP contribution in [0, 0.1) is 0 Å². The van der Waals surface area contributed by atoms with E-state index in [1.165, 1.54) is 19.4 Å². The minimum atomic E-state index is -0.314. The minimum Gasteiger partial charge on any atom is -0.504 e. The molecule has 0 aliphatic carbocycles. The van der Waals surface area contributed by atoms with Gasteiger partial charge in [-0.1, -0.05) is 12.1 Å². The SMILES string of the molecule is COc1cc(/C=N/NC(=O)c2ccc(CN)cc2)ccc1O.Cl. The molecular formula is C16H18ClN3O3. The molecule has 0 saturated carbocycles. The summed E-state index contributed by atoms with van der Waals surface area (Å²) in [6.45, 7) is 0.433. The van der Waals surface area contributed by atoms with E-state index in [9.17, 15) is 9.90 Å². The van der Waals surface area contributed by atoms with E-state index in [1.807, 2.05) is 0 Å². The van der Waals surface area contributed by atoms with Gasteiger partial charge in [-0.05, 0) is 41.5 Å². The summed E-state index contributed by atoms with van der Waals surface area (Å²) in [5.41, 5.74) is 10.1. The van der Waals surface area contributed by atoms with Crippen molar-refractivity contribution in [1.82, 2.24) is 5.43 Å². The third kappa shape index (κ3) is 4.98. The molecule has 0 bridgehead atoms. The Morgan fingerprint density at radius 3 is 2.61 bits per heavy atom. The lowest BCUT2D eigenvalue weighted by molar-refractivity contribution is 0.0955. The molecule has 0 saturated heterocycles. The Morgan fingerprint density at radius 1 is 1.30 bits per heavy atom. The van der Waals surface area contributed by atoms with Crippen LogP contribution in [0.2, 0.25) is 0 Å². The maximum Gasteiger partial charge on any atom is 0.271 e. The second kappa shape index (κ2) is 8.77. The Morgan fingerprint density at radius 2 is 2.00 bits per heavy atom. The molecule has 2 aromatic rings. The van der Waals surface area contributed by atoms with Crippen LogP contribution >= 0.6 is 12.4 Å². The zero-order valence-electron chi connectivity index (χ0n) is 12.5. The van der Waals surface area contributed by atoms with E-state index in [-0.39, 0.29) is 24.1 Å². The number of carbonyl (C=O) groups excluding carboxylic acids is 1. The number of phenolic OH excluding ortho intramolecular Hbond substituents is 1. The molecule has 0 aromatic heterocycles. The van der Waals surface area contributed by atoms with Crippen molar-refractivity contribution >= 4 is 24.5 Å². The van der Waals surface area contributed by atoms with Crippen LogP contribution in [0.5, 0.6) is 11.5 Å². The molecule has 0 atom stereocenters. The fourth-order valence-electron chi connectivity index (χ4n) is 1.80. The fourth-order valence-corrected chi connectivity index (χ4v) is 1.80.